The molecule has 0 atom stereocenters. The smallest absolute Gasteiger partial charge is 0.257 e. The van der Waals surface area contributed by atoms with E-state index in [1.54, 1.807) is 6.92 Å². The van der Waals surface area contributed by atoms with Gasteiger partial charge in [0.05, 0.1) is 12.1 Å². The second kappa shape index (κ2) is 5.29. The maximum Gasteiger partial charge on any atom is 0.257 e. The average Bonchev–Trinajstić information content (AvgIpc) is 2.24. The third kappa shape index (κ3) is 3.17. The van der Waals surface area contributed by atoms with Gasteiger partial charge in [-0.25, -0.2) is 4.39 Å². The Labute approximate surface area is 98.2 Å². The molecule has 0 radical (unpaired) electrons. The second-order valence-corrected chi connectivity index (χ2v) is 3.52. The highest BCUT2D eigenvalue weighted by atomic mass is 19.1. The Morgan fingerprint density at radius 3 is 2.53 bits per heavy atom. The lowest BCUT2D eigenvalue weighted by Gasteiger charge is -2.19. The van der Waals surface area contributed by atoms with E-state index in [0.717, 1.165) is 11.0 Å². The second-order valence-electron chi connectivity index (χ2n) is 3.52. The topological polar surface area (TPSA) is 89.4 Å². The van der Waals surface area contributed by atoms with Crippen LogP contribution in [0.5, 0.6) is 0 Å². The van der Waals surface area contributed by atoms with Crippen molar-refractivity contribution in [3.63, 3.8) is 0 Å². The molecule has 0 aliphatic rings. The van der Waals surface area contributed by atoms with E-state index < -0.39 is 17.6 Å². The zero-order valence-corrected chi connectivity index (χ0v) is 9.44. The van der Waals surface area contributed by atoms with Gasteiger partial charge in [0.1, 0.15) is 5.82 Å². The first kappa shape index (κ1) is 13.0. The van der Waals surface area contributed by atoms with Crippen LogP contribution in [0.25, 0.3) is 0 Å². The van der Waals surface area contributed by atoms with Gasteiger partial charge in [0, 0.05) is 12.2 Å². The first-order valence-electron chi connectivity index (χ1n) is 5.08. The van der Waals surface area contributed by atoms with Crippen LogP contribution in [0.1, 0.15) is 17.3 Å². The first-order valence-corrected chi connectivity index (χ1v) is 5.08. The SMILES string of the molecule is CCN(CC(N)=O)C(=O)c1ccc(N)cc1F. The monoisotopic (exact) mass is 239 g/mol. The highest BCUT2D eigenvalue weighted by Crippen LogP contribution is 2.14. The average molecular weight is 239 g/mol. The molecule has 4 N–H and O–H groups in total. The molecule has 0 heterocycles. The van der Waals surface area contributed by atoms with Gasteiger partial charge in [0.25, 0.3) is 5.91 Å². The molecule has 0 aliphatic carbocycles. The minimum absolute atomic E-state index is 0.123. The third-order valence-electron chi connectivity index (χ3n) is 2.24. The van der Waals surface area contributed by atoms with Crippen LogP contribution < -0.4 is 11.5 Å². The van der Waals surface area contributed by atoms with Gasteiger partial charge in [-0.1, -0.05) is 0 Å². The van der Waals surface area contributed by atoms with Gasteiger partial charge in [-0.15, -0.1) is 0 Å². The Hall–Kier alpha value is -2.11. The van der Waals surface area contributed by atoms with Gasteiger partial charge in [-0.05, 0) is 25.1 Å². The molecule has 0 saturated heterocycles. The fourth-order valence-electron chi connectivity index (χ4n) is 1.39. The predicted octanol–water partition coefficient (Wildman–Crippen LogP) is 0.355. The van der Waals surface area contributed by atoms with E-state index in [1.807, 2.05) is 0 Å². The predicted molar refractivity (Wildman–Crippen MR) is 61.6 cm³/mol. The number of likely N-dealkylation sites (N-methyl/N-ethyl adjacent to an activating group) is 1. The molecule has 0 saturated carbocycles. The highest BCUT2D eigenvalue weighted by Gasteiger charge is 2.19. The Morgan fingerprint density at radius 2 is 2.06 bits per heavy atom. The molecule has 1 aromatic carbocycles. The van der Waals surface area contributed by atoms with Crippen molar-refractivity contribution in [3.8, 4) is 0 Å². The van der Waals surface area contributed by atoms with E-state index in [0.29, 0.717) is 0 Å². The lowest BCUT2D eigenvalue weighted by Crippen LogP contribution is -2.38. The number of hydrogen-bond acceptors (Lipinski definition) is 3. The van der Waals surface area contributed by atoms with E-state index in [-0.39, 0.29) is 24.3 Å². The van der Waals surface area contributed by atoms with Gasteiger partial charge in [-0.3, -0.25) is 9.59 Å². The van der Waals surface area contributed by atoms with Crippen LogP contribution in [0, 0.1) is 5.82 Å². The molecule has 0 aliphatic heterocycles. The van der Waals surface area contributed by atoms with Crippen molar-refractivity contribution in [1.82, 2.24) is 4.90 Å². The summed E-state index contributed by atoms with van der Waals surface area (Å²) in [5.41, 5.74) is 10.5. The summed E-state index contributed by atoms with van der Waals surface area (Å²) < 4.78 is 13.5. The van der Waals surface area contributed by atoms with Crippen LogP contribution in [-0.4, -0.2) is 29.8 Å². The van der Waals surface area contributed by atoms with Gasteiger partial charge >= 0.3 is 0 Å². The number of benzene rings is 1. The van der Waals surface area contributed by atoms with Crippen molar-refractivity contribution in [2.45, 2.75) is 6.92 Å². The number of nitrogen functional groups attached to an aromatic ring is 1. The summed E-state index contributed by atoms with van der Waals surface area (Å²) >= 11 is 0. The van der Waals surface area contributed by atoms with E-state index in [1.165, 1.54) is 12.1 Å². The van der Waals surface area contributed by atoms with Gasteiger partial charge in [0.2, 0.25) is 5.91 Å². The Bertz CT molecular complexity index is 448. The van der Waals surface area contributed by atoms with Crippen LogP contribution in [0.2, 0.25) is 0 Å². The molecule has 0 bridgehead atoms. The molecule has 0 fully saturated rings. The number of nitrogens with two attached hydrogens (primary N) is 2. The van der Waals surface area contributed by atoms with E-state index in [4.69, 9.17) is 11.5 Å². The fraction of sp³-hybridized carbons (Fsp3) is 0.273. The highest BCUT2D eigenvalue weighted by molar-refractivity contribution is 5.96. The number of rotatable bonds is 4. The van der Waals surface area contributed by atoms with Crippen molar-refractivity contribution in [3.05, 3.63) is 29.6 Å². The largest absolute Gasteiger partial charge is 0.399 e. The first-order chi connectivity index (χ1) is 7.95. The number of anilines is 1. The summed E-state index contributed by atoms with van der Waals surface area (Å²) in [5.74, 6) is -1.93. The minimum atomic E-state index is -0.710. The summed E-state index contributed by atoms with van der Waals surface area (Å²) in [7, 11) is 0. The number of amides is 2. The molecule has 17 heavy (non-hydrogen) atoms. The summed E-state index contributed by atoms with van der Waals surface area (Å²) in [6, 6.07) is 3.77. The normalized spacial score (nSPS) is 10.0. The van der Waals surface area contributed by atoms with Crippen molar-refractivity contribution < 1.29 is 14.0 Å². The molecule has 1 aromatic rings. The molecular formula is C11H14FN3O2. The number of carbonyl (C=O) groups is 2. The minimum Gasteiger partial charge on any atom is -0.399 e. The van der Waals surface area contributed by atoms with Crippen molar-refractivity contribution in [2.24, 2.45) is 5.73 Å². The van der Waals surface area contributed by atoms with Gasteiger partial charge in [0.15, 0.2) is 0 Å². The quantitative estimate of drug-likeness (QED) is 0.743. The van der Waals surface area contributed by atoms with Crippen LogP contribution in [-0.2, 0) is 4.79 Å². The Morgan fingerprint density at radius 1 is 1.41 bits per heavy atom. The zero-order chi connectivity index (χ0) is 13.0. The molecule has 5 nitrogen and oxygen atoms in total. The molecule has 92 valence electrons. The lowest BCUT2D eigenvalue weighted by atomic mass is 10.1. The maximum atomic E-state index is 13.5. The number of nitrogens with zero attached hydrogens (tertiary/aromatic N) is 1. The molecule has 0 unspecified atom stereocenters. The molecular weight excluding hydrogens is 225 g/mol. The summed E-state index contributed by atoms with van der Waals surface area (Å²) in [4.78, 5) is 23.8. The zero-order valence-electron chi connectivity index (χ0n) is 9.44. The molecule has 1 rings (SSSR count). The van der Waals surface area contributed by atoms with Crippen molar-refractivity contribution >= 4 is 17.5 Å². The maximum absolute atomic E-state index is 13.5. The standard InChI is InChI=1S/C11H14FN3O2/c1-2-15(6-10(14)16)11(17)8-4-3-7(13)5-9(8)12/h3-5H,2,6,13H2,1H3,(H2,14,16). The Balaban J connectivity index is 2.97. The lowest BCUT2D eigenvalue weighted by molar-refractivity contribution is -0.118. The van der Waals surface area contributed by atoms with Gasteiger partial charge < -0.3 is 16.4 Å². The fourth-order valence-corrected chi connectivity index (χ4v) is 1.39. The van der Waals surface area contributed by atoms with Crippen molar-refractivity contribution in [2.75, 3.05) is 18.8 Å². The van der Waals surface area contributed by atoms with Crippen LogP contribution in [0.4, 0.5) is 10.1 Å². The van der Waals surface area contributed by atoms with E-state index in [9.17, 15) is 14.0 Å². The summed E-state index contributed by atoms with van der Waals surface area (Å²) in [6.07, 6.45) is 0. The van der Waals surface area contributed by atoms with Crippen LogP contribution in [0.3, 0.4) is 0 Å². The van der Waals surface area contributed by atoms with Gasteiger partial charge in [-0.2, -0.15) is 0 Å². The molecule has 6 heteroatoms. The number of primary amides is 1. The molecule has 0 spiro atoms. The van der Waals surface area contributed by atoms with Crippen LogP contribution >= 0.6 is 0 Å². The summed E-state index contributed by atoms with van der Waals surface area (Å²) in [5, 5.41) is 0. The van der Waals surface area contributed by atoms with Crippen molar-refractivity contribution in [1.29, 1.82) is 0 Å². The van der Waals surface area contributed by atoms with Crippen LogP contribution in [0.15, 0.2) is 18.2 Å². The molecule has 2 amide bonds. The molecule has 0 aromatic heterocycles. The summed E-state index contributed by atoms with van der Waals surface area (Å²) in [6.45, 7) is 1.71. The Kier molecular flexibility index (Phi) is 4.03. The van der Waals surface area contributed by atoms with E-state index in [2.05, 4.69) is 0 Å². The van der Waals surface area contributed by atoms with E-state index >= 15 is 0 Å². The number of hydrogen-bond donors (Lipinski definition) is 2. The third-order valence-corrected chi connectivity index (χ3v) is 2.24. The number of halogens is 1. The number of carbonyl (C=O) groups excluding carboxylic acids is 2.